The Bertz CT molecular complexity index is 392. The lowest BCUT2D eigenvalue weighted by Gasteiger charge is -1.99. The second-order valence-corrected chi connectivity index (χ2v) is 4.07. The van der Waals surface area contributed by atoms with Crippen LogP contribution >= 0.6 is 11.8 Å². The summed E-state index contributed by atoms with van der Waals surface area (Å²) in [5, 5.41) is 0.867. The zero-order valence-electron chi connectivity index (χ0n) is 7.92. The van der Waals surface area contributed by atoms with Crippen LogP contribution in [-0.4, -0.2) is 22.8 Å². The first-order valence-electron chi connectivity index (χ1n) is 4.48. The zero-order chi connectivity index (χ0) is 10.7. The van der Waals surface area contributed by atoms with E-state index in [1.807, 2.05) is 30.3 Å². The fourth-order valence-electron chi connectivity index (χ4n) is 1.31. The molecular weight excluding hydrogens is 212 g/mol. The van der Waals surface area contributed by atoms with Crippen LogP contribution in [-0.2, 0) is 9.63 Å². The van der Waals surface area contributed by atoms with Crippen LogP contribution in [0.2, 0.25) is 0 Å². The molecule has 0 aliphatic carbocycles. The van der Waals surface area contributed by atoms with E-state index in [0.29, 0.717) is 5.75 Å². The molecule has 4 nitrogen and oxygen atoms in total. The highest BCUT2D eigenvalue weighted by Gasteiger charge is 2.26. The SMILES string of the molecule is NOC(=O)[C@@H]1CSC(c2ccccc2)=N1. The van der Waals surface area contributed by atoms with E-state index in [0.717, 1.165) is 10.6 Å². The van der Waals surface area contributed by atoms with Crippen molar-refractivity contribution >= 4 is 22.8 Å². The lowest BCUT2D eigenvalue weighted by atomic mass is 10.2. The molecule has 0 radical (unpaired) electrons. The maximum Gasteiger partial charge on any atom is 0.350 e. The quantitative estimate of drug-likeness (QED) is 0.757. The van der Waals surface area contributed by atoms with Crippen LogP contribution in [0.4, 0.5) is 0 Å². The van der Waals surface area contributed by atoms with Crippen molar-refractivity contribution in [2.75, 3.05) is 5.75 Å². The number of hydrogen-bond donors (Lipinski definition) is 1. The van der Waals surface area contributed by atoms with Gasteiger partial charge in [0.05, 0.1) is 5.04 Å². The van der Waals surface area contributed by atoms with Gasteiger partial charge in [-0.1, -0.05) is 30.3 Å². The maximum absolute atomic E-state index is 11.1. The summed E-state index contributed by atoms with van der Waals surface area (Å²) in [5.74, 6) is 4.93. The van der Waals surface area contributed by atoms with Gasteiger partial charge in [-0.25, -0.2) is 4.79 Å². The average Bonchev–Trinajstić information content (AvgIpc) is 2.78. The van der Waals surface area contributed by atoms with E-state index in [1.165, 1.54) is 0 Å². The first-order chi connectivity index (χ1) is 7.31. The van der Waals surface area contributed by atoms with E-state index in [4.69, 9.17) is 5.90 Å². The number of thioether (sulfide) groups is 1. The van der Waals surface area contributed by atoms with Gasteiger partial charge in [0.15, 0.2) is 6.04 Å². The van der Waals surface area contributed by atoms with E-state index in [-0.39, 0.29) is 0 Å². The molecule has 15 heavy (non-hydrogen) atoms. The molecule has 0 aromatic heterocycles. The summed E-state index contributed by atoms with van der Waals surface area (Å²) in [7, 11) is 0. The van der Waals surface area contributed by atoms with Crippen LogP contribution in [0.25, 0.3) is 0 Å². The lowest BCUT2D eigenvalue weighted by Crippen LogP contribution is -2.24. The second-order valence-electron chi connectivity index (χ2n) is 3.06. The Morgan fingerprint density at radius 1 is 1.47 bits per heavy atom. The zero-order valence-corrected chi connectivity index (χ0v) is 8.74. The van der Waals surface area contributed by atoms with Gasteiger partial charge in [-0.05, 0) is 0 Å². The van der Waals surface area contributed by atoms with E-state index in [2.05, 4.69) is 9.83 Å². The van der Waals surface area contributed by atoms with Crippen molar-refractivity contribution in [2.45, 2.75) is 6.04 Å². The molecule has 1 aromatic rings. The maximum atomic E-state index is 11.1. The number of carbonyl (C=O) groups excluding carboxylic acids is 1. The van der Waals surface area contributed by atoms with Gasteiger partial charge in [0.1, 0.15) is 0 Å². The van der Waals surface area contributed by atoms with Gasteiger partial charge in [0.25, 0.3) is 0 Å². The standard InChI is InChI=1S/C10H10N2O2S/c11-14-10(13)8-6-15-9(12-8)7-4-2-1-3-5-7/h1-5,8H,6,11H2/t8-/m0/s1. The molecule has 0 fully saturated rings. The fraction of sp³-hybridized carbons (Fsp3) is 0.200. The molecule has 0 saturated carbocycles. The highest BCUT2D eigenvalue weighted by Crippen LogP contribution is 2.23. The smallest absolute Gasteiger partial charge is 0.350 e. The predicted octanol–water partition coefficient (Wildman–Crippen LogP) is 0.965. The van der Waals surface area contributed by atoms with Crippen molar-refractivity contribution in [3.63, 3.8) is 0 Å². The second kappa shape index (κ2) is 4.46. The third-order valence-electron chi connectivity index (χ3n) is 2.06. The van der Waals surface area contributed by atoms with Crippen molar-refractivity contribution in [3.05, 3.63) is 35.9 Å². The van der Waals surface area contributed by atoms with E-state index in [1.54, 1.807) is 11.8 Å². The monoisotopic (exact) mass is 222 g/mol. The highest BCUT2D eigenvalue weighted by molar-refractivity contribution is 8.14. The van der Waals surface area contributed by atoms with Crippen LogP contribution in [0.15, 0.2) is 35.3 Å². The molecular formula is C10H10N2O2S. The van der Waals surface area contributed by atoms with Crippen LogP contribution in [0.3, 0.4) is 0 Å². The minimum absolute atomic E-state index is 0.463. The first-order valence-corrected chi connectivity index (χ1v) is 5.46. The van der Waals surface area contributed by atoms with Crippen LogP contribution in [0, 0.1) is 0 Å². The summed E-state index contributed by atoms with van der Waals surface area (Å²) in [6.07, 6.45) is 0. The molecule has 0 amide bonds. The van der Waals surface area contributed by atoms with Gasteiger partial charge >= 0.3 is 5.97 Å². The predicted molar refractivity (Wildman–Crippen MR) is 59.5 cm³/mol. The van der Waals surface area contributed by atoms with Crippen molar-refractivity contribution in [2.24, 2.45) is 10.9 Å². The summed E-state index contributed by atoms with van der Waals surface area (Å²) in [5.41, 5.74) is 1.02. The first kappa shape index (κ1) is 10.2. The molecule has 1 aliphatic heterocycles. The van der Waals surface area contributed by atoms with Gasteiger partial charge in [-0.2, -0.15) is 5.90 Å². The molecule has 1 heterocycles. The minimum Gasteiger partial charge on any atom is -0.372 e. The minimum atomic E-state index is -0.478. The Balaban J connectivity index is 2.17. The molecule has 2 rings (SSSR count). The van der Waals surface area contributed by atoms with E-state index in [9.17, 15) is 4.79 Å². The van der Waals surface area contributed by atoms with Gasteiger partial charge in [-0.15, -0.1) is 11.8 Å². The van der Waals surface area contributed by atoms with E-state index < -0.39 is 12.0 Å². The number of carbonyl (C=O) groups is 1. The molecule has 2 N–H and O–H groups in total. The molecule has 0 spiro atoms. The third kappa shape index (κ3) is 2.19. The third-order valence-corrected chi connectivity index (χ3v) is 3.16. The summed E-state index contributed by atoms with van der Waals surface area (Å²) in [6.45, 7) is 0. The molecule has 0 unspecified atom stereocenters. The number of aliphatic imine (C=N–C) groups is 1. The molecule has 1 aliphatic rings. The van der Waals surface area contributed by atoms with Crippen molar-refractivity contribution in [1.82, 2.24) is 0 Å². The summed E-state index contributed by atoms with van der Waals surface area (Å²) in [4.78, 5) is 19.5. The molecule has 78 valence electrons. The van der Waals surface area contributed by atoms with Gasteiger partial charge in [0, 0.05) is 11.3 Å². The van der Waals surface area contributed by atoms with Crippen molar-refractivity contribution in [3.8, 4) is 0 Å². The number of rotatable bonds is 2. The number of hydrogen-bond acceptors (Lipinski definition) is 5. The summed E-state index contributed by atoms with van der Waals surface area (Å²) in [6, 6.07) is 9.27. The largest absolute Gasteiger partial charge is 0.372 e. The average molecular weight is 222 g/mol. The van der Waals surface area contributed by atoms with Crippen LogP contribution in [0.1, 0.15) is 5.56 Å². The fourth-order valence-corrected chi connectivity index (χ4v) is 2.34. The number of benzene rings is 1. The summed E-state index contributed by atoms with van der Waals surface area (Å²) < 4.78 is 0. The Labute approximate surface area is 91.5 Å². The van der Waals surface area contributed by atoms with Crippen molar-refractivity contribution in [1.29, 1.82) is 0 Å². The van der Waals surface area contributed by atoms with Gasteiger partial charge in [-0.3, -0.25) is 4.99 Å². The number of nitrogens with two attached hydrogens (primary N) is 1. The Kier molecular flexibility index (Phi) is 3.03. The van der Waals surface area contributed by atoms with Crippen LogP contribution in [0.5, 0.6) is 0 Å². The lowest BCUT2D eigenvalue weighted by molar-refractivity contribution is -0.144. The molecule has 5 heteroatoms. The summed E-state index contributed by atoms with van der Waals surface area (Å²) >= 11 is 1.54. The highest BCUT2D eigenvalue weighted by atomic mass is 32.2. The Morgan fingerprint density at radius 2 is 2.20 bits per heavy atom. The van der Waals surface area contributed by atoms with Crippen molar-refractivity contribution < 1.29 is 9.63 Å². The molecule has 1 atom stereocenters. The molecule has 0 bridgehead atoms. The molecule has 1 aromatic carbocycles. The number of nitrogens with zero attached hydrogens (tertiary/aromatic N) is 1. The normalized spacial score (nSPS) is 19.8. The van der Waals surface area contributed by atoms with Gasteiger partial charge in [0.2, 0.25) is 0 Å². The van der Waals surface area contributed by atoms with Crippen LogP contribution < -0.4 is 5.90 Å². The topological polar surface area (TPSA) is 64.7 Å². The van der Waals surface area contributed by atoms with E-state index >= 15 is 0 Å². The van der Waals surface area contributed by atoms with Gasteiger partial charge < -0.3 is 4.84 Å². The Hall–Kier alpha value is -1.33. The Morgan fingerprint density at radius 3 is 2.87 bits per heavy atom. The molecule has 0 saturated heterocycles.